The second kappa shape index (κ2) is 6.17. The second-order valence-electron chi connectivity index (χ2n) is 4.84. The van der Waals surface area contributed by atoms with E-state index in [1.165, 1.54) is 6.42 Å². The minimum absolute atomic E-state index is 0.0585. The first-order valence-electron chi connectivity index (χ1n) is 6.30. The zero-order valence-corrected chi connectivity index (χ0v) is 12.6. The maximum absolute atomic E-state index is 12.1. The molecule has 1 saturated carbocycles. The summed E-state index contributed by atoms with van der Waals surface area (Å²) in [4.78, 5) is 0. The van der Waals surface area contributed by atoms with Gasteiger partial charge >= 0.3 is 0 Å². The van der Waals surface area contributed by atoms with E-state index in [4.69, 9.17) is 0 Å². The molecule has 1 aliphatic carbocycles. The highest BCUT2D eigenvalue weighted by Gasteiger charge is 2.20. The van der Waals surface area contributed by atoms with Gasteiger partial charge in [-0.2, -0.15) is 0 Å². The van der Waals surface area contributed by atoms with Crippen LogP contribution in [0.1, 0.15) is 37.7 Å². The Hall–Kier alpha value is -0.390. The van der Waals surface area contributed by atoms with E-state index < -0.39 is 10.0 Å². The van der Waals surface area contributed by atoms with Crippen molar-refractivity contribution < 1.29 is 8.42 Å². The first-order chi connectivity index (χ1) is 8.55. The van der Waals surface area contributed by atoms with Crippen molar-refractivity contribution in [3.8, 4) is 0 Å². The SMILES string of the molecule is O=S(=O)(Cc1cccc(Br)c1)NC1CCCCC1. The summed E-state index contributed by atoms with van der Waals surface area (Å²) in [7, 11) is -3.22. The van der Waals surface area contributed by atoms with Gasteiger partial charge in [-0.3, -0.25) is 0 Å². The lowest BCUT2D eigenvalue weighted by Crippen LogP contribution is -2.36. The van der Waals surface area contributed by atoms with E-state index in [0.29, 0.717) is 0 Å². The highest BCUT2D eigenvalue weighted by atomic mass is 79.9. The van der Waals surface area contributed by atoms with Gasteiger partial charge in [0.2, 0.25) is 10.0 Å². The molecule has 5 heteroatoms. The van der Waals surface area contributed by atoms with Crippen LogP contribution in [0.2, 0.25) is 0 Å². The van der Waals surface area contributed by atoms with Crippen LogP contribution >= 0.6 is 15.9 Å². The van der Waals surface area contributed by atoms with Crippen LogP contribution in [0, 0.1) is 0 Å². The van der Waals surface area contributed by atoms with Crippen molar-refractivity contribution in [2.24, 2.45) is 0 Å². The van der Waals surface area contributed by atoms with Gasteiger partial charge in [-0.25, -0.2) is 13.1 Å². The molecule has 0 bridgehead atoms. The summed E-state index contributed by atoms with van der Waals surface area (Å²) in [6.45, 7) is 0. The molecule has 0 aromatic heterocycles. The summed E-state index contributed by atoms with van der Waals surface area (Å²) in [5.74, 6) is 0.0585. The van der Waals surface area contributed by atoms with Crippen LogP contribution in [0.25, 0.3) is 0 Å². The van der Waals surface area contributed by atoms with E-state index in [-0.39, 0.29) is 11.8 Å². The number of halogens is 1. The van der Waals surface area contributed by atoms with Crippen molar-refractivity contribution in [3.05, 3.63) is 34.3 Å². The monoisotopic (exact) mass is 331 g/mol. The fraction of sp³-hybridized carbons (Fsp3) is 0.538. The Kier molecular flexibility index (Phi) is 4.81. The Morgan fingerprint density at radius 1 is 1.22 bits per heavy atom. The molecule has 1 N–H and O–H groups in total. The van der Waals surface area contributed by atoms with Gasteiger partial charge in [0.25, 0.3) is 0 Å². The molecule has 1 fully saturated rings. The van der Waals surface area contributed by atoms with Crippen molar-refractivity contribution in [1.29, 1.82) is 0 Å². The third-order valence-electron chi connectivity index (χ3n) is 3.20. The fourth-order valence-electron chi connectivity index (χ4n) is 2.36. The van der Waals surface area contributed by atoms with E-state index in [1.54, 1.807) is 0 Å². The summed E-state index contributed by atoms with van der Waals surface area (Å²) in [6, 6.07) is 7.57. The average Bonchev–Trinajstić information content (AvgIpc) is 2.28. The van der Waals surface area contributed by atoms with Gasteiger partial charge < -0.3 is 0 Å². The van der Waals surface area contributed by atoms with E-state index in [0.717, 1.165) is 35.7 Å². The third-order valence-corrected chi connectivity index (χ3v) is 5.10. The molecule has 0 aliphatic heterocycles. The Bertz CT molecular complexity index is 495. The quantitative estimate of drug-likeness (QED) is 0.920. The van der Waals surface area contributed by atoms with E-state index in [2.05, 4.69) is 20.7 Å². The summed E-state index contributed by atoms with van der Waals surface area (Å²) < 4.78 is 27.8. The Labute approximate surface area is 117 Å². The number of nitrogens with one attached hydrogen (secondary N) is 1. The van der Waals surface area contributed by atoms with Crippen molar-refractivity contribution >= 4 is 26.0 Å². The Morgan fingerprint density at radius 2 is 1.94 bits per heavy atom. The van der Waals surface area contributed by atoms with Crippen LogP contribution in [-0.2, 0) is 15.8 Å². The van der Waals surface area contributed by atoms with E-state index in [1.807, 2.05) is 24.3 Å². The summed E-state index contributed by atoms with van der Waals surface area (Å²) in [6.07, 6.45) is 5.42. The molecule has 0 atom stereocenters. The predicted molar refractivity (Wildman–Crippen MR) is 76.8 cm³/mol. The molecule has 0 saturated heterocycles. The molecule has 1 aromatic rings. The first kappa shape index (κ1) is 14.0. The Morgan fingerprint density at radius 3 is 2.61 bits per heavy atom. The minimum atomic E-state index is -3.22. The molecule has 3 nitrogen and oxygen atoms in total. The zero-order valence-electron chi connectivity index (χ0n) is 10.2. The Balaban J connectivity index is 1.98. The third kappa shape index (κ3) is 4.37. The minimum Gasteiger partial charge on any atom is -0.212 e. The smallest absolute Gasteiger partial charge is 0.212 e. The lowest BCUT2D eigenvalue weighted by atomic mass is 9.96. The van der Waals surface area contributed by atoms with E-state index in [9.17, 15) is 8.42 Å². The molecule has 0 unspecified atom stereocenters. The highest BCUT2D eigenvalue weighted by Crippen LogP contribution is 2.19. The lowest BCUT2D eigenvalue weighted by Gasteiger charge is -2.22. The van der Waals surface area contributed by atoms with Gasteiger partial charge in [0.05, 0.1) is 5.75 Å². The molecule has 100 valence electrons. The number of rotatable bonds is 4. The number of hydrogen-bond donors (Lipinski definition) is 1. The van der Waals surface area contributed by atoms with Gasteiger partial charge in [-0.15, -0.1) is 0 Å². The van der Waals surface area contributed by atoms with Gasteiger partial charge in [0, 0.05) is 10.5 Å². The average molecular weight is 332 g/mol. The van der Waals surface area contributed by atoms with E-state index >= 15 is 0 Å². The van der Waals surface area contributed by atoms with Crippen LogP contribution < -0.4 is 4.72 Å². The van der Waals surface area contributed by atoms with Gasteiger partial charge in [-0.05, 0) is 30.5 Å². The molecule has 1 aromatic carbocycles. The van der Waals surface area contributed by atoms with Crippen molar-refractivity contribution in [2.75, 3.05) is 0 Å². The highest BCUT2D eigenvalue weighted by molar-refractivity contribution is 9.10. The maximum atomic E-state index is 12.1. The summed E-state index contributed by atoms with van der Waals surface area (Å²) in [5, 5.41) is 0. The fourth-order valence-corrected chi connectivity index (χ4v) is 4.25. The lowest BCUT2D eigenvalue weighted by molar-refractivity contribution is 0.412. The standard InChI is InChI=1S/C13H18BrNO2S/c14-12-6-4-5-11(9-12)10-18(16,17)15-13-7-2-1-3-8-13/h4-6,9,13,15H,1-3,7-8,10H2. The predicted octanol–water partition coefficient (Wildman–Crippen LogP) is 3.20. The molecule has 0 spiro atoms. The molecule has 0 amide bonds. The molecule has 18 heavy (non-hydrogen) atoms. The van der Waals surface area contributed by atoms with Gasteiger partial charge in [-0.1, -0.05) is 47.3 Å². The number of sulfonamides is 1. The topological polar surface area (TPSA) is 46.2 Å². The number of hydrogen-bond acceptors (Lipinski definition) is 2. The second-order valence-corrected chi connectivity index (χ2v) is 7.51. The maximum Gasteiger partial charge on any atom is 0.216 e. The molecule has 2 rings (SSSR count). The molecular weight excluding hydrogens is 314 g/mol. The number of benzene rings is 1. The molecule has 0 heterocycles. The first-order valence-corrected chi connectivity index (χ1v) is 8.74. The van der Waals surface area contributed by atoms with Crippen molar-refractivity contribution in [1.82, 2.24) is 4.72 Å². The van der Waals surface area contributed by atoms with Crippen LogP contribution in [0.15, 0.2) is 28.7 Å². The largest absolute Gasteiger partial charge is 0.216 e. The van der Waals surface area contributed by atoms with Crippen LogP contribution in [0.5, 0.6) is 0 Å². The zero-order chi connectivity index (χ0) is 13.0. The van der Waals surface area contributed by atoms with Gasteiger partial charge in [0.1, 0.15) is 0 Å². The summed E-state index contributed by atoms with van der Waals surface area (Å²) >= 11 is 3.35. The van der Waals surface area contributed by atoms with Crippen LogP contribution in [0.4, 0.5) is 0 Å². The summed E-state index contributed by atoms with van der Waals surface area (Å²) in [5.41, 5.74) is 0.813. The van der Waals surface area contributed by atoms with Crippen LogP contribution in [0.3, 0.4) is 0 Å². The molecule has 1 aliphatic rings. The van der Waals surface area contributed by atoms with Gasteiger partial charge in [0.15, 0.2) is 0 Å². The van der Waals surface area contributed by atoms with Crippen molar-refractivity contribution in [3.63, 3.8) is 0 Å². The molecule has 0 radical (unpaired) electrons. The van der Waals surface area contributed by atoms with Crippen LogP contribution in [-0.4, -0.2) is 14.5 Å². The van der Waals surface area contributed by atoms with Crippen molar-refractivity contribution in [2.45, 2.75) is 43.9 Å². The molecular formula is C13H18BrNO2S. The normalized spacial score (nSPS) is 17.8.